The molecule has 0 aliphatic rings. The van der Waals surface area contributed by atoms with Crippen molar-refractivity contribution in [3.05, 3.63) is 57.8 Å². The summed E-state index contributed by atoms with van der Waals surface area (Å²) < 4.78 is 1.98. The van der Waals surface area contributed by atoms with Gasteiger partial charge in [-0.25, -0.2) is 0 Å². The lowest BCUT2D eigenvalue weighted by atomic mass is 10.1. The highest BCUT2D eigenvalue weighted by Gasteiger charge is 2.18. The molecule has 5 nitrogen and oxygen atoms in total. The Bertz CT molecular complexity index is 980. The summed E-state index contributed by atoms with van der Waals surface area (Å²) in [5.41, 5.74) is 2.87. The molecule has 0 saturated carbocycles. The first-order valence-electron chi connectivity index (χ1n) is 8.27. The van der Waals surface area contributed by atoms with Crippen molar-refractivity contribution in [2.45, 2.75) is 25.5 Å². The minimum atomic E-state index is -0.148. The molecular formula is C19H19ClN4OS2. The van der Waals surface area contributed by atoms with Crippen LogP contribution in [0.15, 0.2) is 47.5 Å². The molecular weight excluding hydrogens is 400 g/mol. The number of aromatic nitrogens is 3. The van der Waals surface area contributed by atoms with Gasteiger partial charge in [-0.05, 0) is 31.5 Å². The van der Waals surface area contributed by atoms with Crippen LogP contribution in [0.4, 0.5) is 5.69 Å². The summed E-state index contributed by atoms with van der Waals surface area (Å²) in [6.07, 6.45) is 1.80. The van der Waals surface area contributed by atoms with Crippen LogP contribution in [0, 0.1) is 13.8 Å². The average Bonchev–Trinajstić information content (AvgIpc) is 3.19. The highest BCUT2D eigenvalue weighted by Crippen LogP contribution is 2.31. The summed E-state index contributed by atoms with van der Waals surface area (Å²) in [4.78, 5) is 13.5. The number of thiophene rings is 1. The maximum absolute atomic E-state index is 12.3. The first-order chi connectivity index (χ1) is 13.0. The minimum Gasteiger partial charge on any atom is -0.324 e. The average molecular weight is 419 g/mol. The van der Waals surface area contributed by atoms with Gasteiger partial charge in [0.05, 0.1) is 16.5 Å². The standard InChI is InChI=1S/C19H19ClN4OS2/c1-4-9-24-18(14-10-26-13(3)12(14)2)22-23-19(24)27-11-17(25)21-16-8-6-5-7-15(16)20/h4-8,10H,1,9,11H2,2-3H3,(H,21,25). The molecule has 0 saturated heterocycles. The van der Waals surface area contributed by atoms with E-state index in [4.69, 9.17) is 11.6 Å². The molecule has 0 atom stereocenters. The van der Waals surface area contributed by atoms with Crippen LogP contribution < -0.4 is 5.32 Å². The Morgan fingerprint density at radius 1 is 1.37 bits per heavy atom. The molecule has 27 heavy (non-hydrogen) atoms. The van der Waals surface area contributed by atoms with Gasteiger partial charge in [0, 0.05) is 22.4 Å². The number of benzene rings is 1. The molecule has 8 heteroatoms. The molecule has 0 spiro atoms. The molecule has 3 aromatic rings. The maximum Gasteiger partial charge on any atom is 0.234 e. The zero-order chi connectivity index (χ0) is 19.4. The zero-order valence-corrected chi connectivity index (χ0v) is 17.4. The van der Waals surface area contributed by atoms with E-state index < -0.39 is 0 Å². The predicted molar refractivity (Wildman–Crippen MR) is 114 cm³/mol. The fourth-order valence-corrected chi connectivity index (χ4v) is 4.30. The number of para-hydroxylation sites is 1. The molecule has 0 radical (unpaired) electrons. The van der Waals surface area contributed by atoms with E-state index >= 15 is 0 Å². The highest BCUT2D eigenvalue weighted by atomic mass is 35.5. The highest BCUT2D eigenvalue weighted by molar-refractivity contribution is 7.99. The first kappa shape index (κ1) is 19.7. The molecule has 0 bridgehead atoms. The number of hydrogen-bond acceptors (Lipinski definition) is 5. The lowest BCUT2D eigenvalue weighted by molar-refractivity contribution is -0.113. The number of nitrogens with one attached hydrogen (secondary N) is 1. The summed E-state index contributed by atoms with van der Waals surface area (Å²) in [5, 5.41) is 14.7. The van der Waals surface area contributed by atoms with Crippen molar-refractivity contribution >= 4 is 46.3 Å². The van der Waals surface area contributed by atoms with E-state index in [1.165, 1.54) is 22.2 Å². The molecule has 1 N–H and O–H groups in total. The second kappa shape index (κ2) is 8.73. The number of allylic oxidation sites excluding steroid dienone is 1. The quantitative estimate of drug-likeness (QED) is 0.423. The Kier molecular flexibility index (Phi) is 6.36. The molecule has 1 amide bonds. The van der Waals surface area contributed by atoms with Crippen LogP contribution in [0.1, 0.15) is 10.4 Å². The van der Waals surface area contributed by atoms with Crippen molar-refractivity contribution in [2.75, 3.05) is 11.1 Å². The Hall–Kier alpha value is -2.09. The normalized spacial score (nSPS) is 10.8. The predicted octanol–water partition coefficient (Wildman–Crippen LogP) is 5.19. The Labute approximate surface area is 171 Å². The monoisotopic (exact) mass is 418 g/mol. The van der Waals surface area contributed by atoms with Gasteiger partial charge in [0.2, 0.25) is 5.91 Å². The molecule has 2 aromatic heterocycles. The summed E-state index contributed by atoms with van der Waals surface area (Å²) in [6.45, 7) is 8.57. The van der Waals surface area contributed by atoms with Crippen LogP contribution in [0.5, 0.6) is 0 Å². The van der Waals surface area contributed by atoms with Gasteiger partial charge in [0.15, 0.2) is 11.0 Å². The van der Waals surface area contributed by atoms with Gasteiger partial charge in [0.25, 0.3) is 0 Å². The van der Waals surface area contributed by atoms with E-state index in [9.17, 15) is 4.79 Å². The van der Waals surface area contributed by atoms with E-state index in [1.54, 1.807) is 29.5 Å². The Morgan fingerprint density at radius 3 is 2.81 bits per heavy atom. The van der Waals surface area contributed by atoms with Crippen LogP contribution in [-0.2, 0) is 11.3 Å². The van der Waals surface area contributed by atoms with Gasteiger partial charge in [0.1, 0.15) is 0 Å². The second-order valence-corrected chi connectivity index (χ2v) is 8.29. The van der Waals surface area contributed by atoms with Crippen molar-refractivity contribution < 1.29 is 4.79 Å². The van der Waals surface area contributed by atoms with Crippen molar-refractivity contribution in [1.29, 1.82) is 0 Å². The summed E-state index contributed by atoms with van der Waals surface area (Å²) in [6, 6.07) is 7.15. The molecule has 0 fully saturated rings. The second-order valence-electron chi connectivity index (χ2n) is 5.85. The molecule has 140 valence electrons. The van der Waals surface area contributed by atoms with Crippen molar-refractivity contribution in [3.63, 3.8) is 0 Å². The third kappa shape index (κ3) is 4.43. The number of halogens is 1. The SMILES string of the molecule is C=CCn1c(SCC(=O)Nc2ccccc2Cl)nnc1-c1csc(C)c1C. The number of thioether (sulfide) groups is 1. The number of rotatable bonds is 7. The Morgan fingerprint density at radius 2 is 2.15 bits per heavy atom. The van der Waals surface area contributed by atoms with Crippen LogP contribution in [0.2, 0.25) is 5.02 Å². The third-order valence-electron chi connectivity index (χ3n) is 4.04. The molecule has 1 aromatic carbocycles. The fourth-order valence-electron chi connectivity index (χ4n) is 2.50. The lowest BCUT2D eigenvalue weighted by Crippen LogP contribution is -2.15. The number of amides is 1. The lowest BCUT2D eigenvalue weighted by Gasteiger charge is -2.09. The molecule has 0 aliphatic heterocycles. The van der Waals surface area contributed by atoms with E-state index in [-0.39, 0.29) is 11.7 Å². The third-order valence-corrected chi connectivity index (χ3v) is 6.35. The van der Waals surface area contributed by atoms with Gasteiger partial charge < -0.3 is 5.32 Å². The fraction of sp³-hybridized carbons (Fsp3) is 0.211. The van der Waals surface area contributed by atoms with E-state index in [2.05, 4.69) is 41.3 Å². The van der Waals surface area contributed by atoms with Crippen LogP contribution >= 0.6 is 34.7 Å². The number of aryl methyl sites for hydroxylation is 1. The minimum absolute atomic E-state index is 0.148. The van der Waals surface area contributed by atoms with Crippen molar-refractivity contribution in [1.82, 2.24) is 14.8 Å². The smallest absolute Gasteiger partial charge is 0.234 e. The number of anilines is 1. The molecule has 0 unspecified atom stereocenters. The van der Waals surface area contributed by atoms with Gasteiger partial charge in [-0.15, -0.1) is 28.1 Å². The van der Waals surface area contributed by atoms with Gasteiger partial charge in [-0.3, -0.25) is 9.36 Å². The first-order valence-corrected chi connectivity index (χ1v) is 10.5. The van der Waals surface area contributed by atoms with Gasteiger partial charge in [-0.1, -0.05) is 41.6 Å². The van der Waals surface area contributed by atoms with Crippen LogP contribution in [0.3, 0.4) is 0 Å². The van der Waals surface area contributed by atoms with Crippen molar-refractivity contribution in [3.8, 4) is 11.4 Å². The maximum atomic E-state index is 12.3. The number of carbonyl (C=O) groups excluding carboxylic acids is 1. The number of hydrogen-bond donors (Lipinski definition) is 1. The Balaban J connectivity index is 1.75. The topological polar surface area (TPSA) is 59.8 Å². The van der Waals surface area contributed by atoms with Crippen LogP contribution in [0.25, 0.3) is 11.4 Å². The van der Waals surface area contributed by atoms with Gasteiger partial charge >= 0.3 is 0 Å². The summed E-state index contributed by atoms with van der Waals surface area (Å²) >= 11 is 9.11. The van der Waals surface area contributed by atoms with E-state index in [1.807, 2.05) is 16.7 Å². The number of nitrogens with zero attached hydrogens (tertiary/aromatic N) is 3. The largest absolute Gasteiger partial charge is 0.324 e. The van der Waals surface area contributed by atoms with Gasteiger partial charge in [-0.2, -0.15) is 0 Å². The van der Waals surface area contributed by atoms with E-state index in [0.717, 1.165) is 11.4 Å². The summed E-state index contributed by atoms with van der Waals surface area (Å²) in [5.74, 6) is 0.860. The van der Waals surface area contributed by atoms with Crippen LogP contribution in [-0.4, -0.2) is 26.4 Å². The molecule has 3 rings (SSSR count). The molecule has 2 heterocycles. The zero-order valence-electron chi connectivity index (χ0n) is 15.0. The van der Waals surface area contributed by atoms with Crippen molar-refractivity contribution in [2.24, 2.45) is 0 Å². The summed E-state index contributed by atoms with van der Waals surface area (Å²) in [7, 11) is 0. The number of carbonyl (C=O) groups is 1. The molecule has 0 aliphatic carbocycles. The van der Waals surface area contributed by atoms with E-state index in [0.29, 0.717) is 22.4 Å².